The zero-order chi connectivity index (χ0) is 6.97. The highest BCUT2D eigenvalue weighted by atomic mass is 32.1. The first-order valence-corrected chi connectivity index (χ1v) is 3.78. The number of rotatable bonds is 1. The summed E-state index contributed by atoms with van der Waals surface area (Å²) >= 11 is 1.56. The van der Waals surface area contributed by atoms with Gasteiger partial charge in [-0.25, -0.2) is 0 Å². The Morgan fingerprint density at radius 1 is 1.60 bits per heavy atom. The Labute approximate surface area is 61.7 Å². The largest absolute Gasteiger partial charge is 0.463 e. The number of fused-ring (bicyclic) bond motifs is 1. The third kappa shape index (κ3) is 0.751. The molecule has 2 nitrogen and oxygen atoms in total. The highest BCUT2D eigenvalue weighted by Gasteiger charge is 2.01. The molecule has 0 unspecified atom stereocenters. The number of furan rings is 1. The maximum atomic E-state index is 8.73. The number of hydrogen-bond donors (Lipinski definition) is 1. The van der Waals surface area contributed by atoms with Crippen LogP contribution < -0.4 is 0 Å². The molecule has 0 atom stereocenters. The van der Waals surface area contributed by atoms with Crippen molar-refractivity contribution in [2.45, 2.75) is 6.61 Å². The number of aliphatic hydroxyl groups is 1. The minimum absolute atomic E-state index is 0.106. The Kier molecular flexibility index (Phi) is 1.25. The molecule has 2 rings (SSSR count). The van der Waals surface area contributed by atoms with Gasteiger partial charge in [-0.2, -0.15) is 0 Å². The van der Waals surface area contributed by atoms with E-state index < -0.39 is 0 Å². The molecule has 3 heteroatoms. The van der Waals surface area contributed by atoms with Gasteiger partial charge in [0.1, 0.15) is 5.58 Å². The molecule has 0 saturated heterocycles. The molecule has 0 radical (unpaired) electrons. The van der Waals surface area contributed by atoms with Crippen molar-refractivity contribution >= 4 is 21.6 Å². The molecule has 0 aliphatic carbocycles. The van der Waals surface area contributed by atoms with Crippen LogP contribution in [0.25, 0.3) is 10.3 Å². The molecule has 52 valence electrons. The molecule has 0 spiro atoms. The molecular formula is C7H6O2S. The minimum atomic E-state index is 0.106. The maximum Gasteiger partial charge on any atom is 0.144 e. The van der Waals surface area contributed by atoms with Crippen LogP contribution >= 0.6 is 11.3 Å². The highest BCUT2D eigenvalue weighted by Crippen LogP contribution is 2.25. The summed E-state index contributed by atoms with van der Waals surface area (Å²) in [6.45, 7) is 0.106. The number of hydrogen-bond acceptors (Lipinski definition) is 3. The van der Waals surface area contributed by atoms with Gasteiger partial charge in [0.25, 0.3) is 0 Å². The summed E-state index contributed by atoms with van der Waals surface area (Å²) in [6, 6.07) is 3.76. The van der Waals surface area contributed by atoms with Crippen molar-refractivity contribution in [3.8, 4) is 0 Å². The van der Waals surface area contributed by atoms with Crippen LogP contribution in [0, 0.1) is 0 Å². The third-order valence-electron chi connectivity index (χ3n) is 1.35. The Bertz CT molecular complexity index is 305. The quantitative estimate of drug-likeness (QED) is 0.681. The molecule has 0 aliphatic rings. The van der Waals surface area contributed by atoms with E-state index in [-0.39, 0.29) is 6.61 Å². The molecule has 0 bridgehead atoms. The predicted octanol–water partition coefficient (Wildman–Crippen LogP) is 1.99. The average Bonchev–Trinajstić information content (AvgIpc) is 2.42. The Morgan fingerprint density at radius 2 is 2.50 bits per heavy atom. The topological polar surface area (TPSA) is 33.4 Å². The third-order valence-corrected chi connectivity index (χ3v) is 2.41. The van der Waals surface area contributed by atoms with Crippen LogP contribution in [-0.2, 0) is 6.61 Å². The smallest absolute Gasteiger partial charge is 0.144 e. The molecule has 0 fully saturated rings. The lowest BCUT2D eigenvalue weighted by atomic mass is 10.4. The van der Waals surface area contributed by atoms with Crippen LogP contribution in [0.2, 0.25) is 0 Å². The van der Waals surface area contributed by atoms with Crippen LogP contribution in [0.1, 0.15) is 4.88 Å². The van der Waals surface area contributed by atoms with E-state index in [1.807, 2.05) is 12.1 Å². The van der Waals surface area contributed by atoms with Crippen molar-refractivity contribution in [3.63, 3.8) is 0 Å². The lowest BCUT2D eigenvalue weighted by Crippen LogP contribution is -1.70. The first kappa shape index (κ1) is 5.95. The van der Waals surface area contributed by atoms with Gasteiger partial charge in [0.2, 0.25) is 0 Å². The summed E-state index contributed by atoms with van der Waals surface area (Å²) in [6.07, 6.45) is 1.66. The van der Waals surface area contributed by atoms with Crippen molar-refractivity contribution in [1.29, 1.82) is 0 Å². The second-order valence-electron chi connectivity index (χ2n) is 2.02. The SMILES string of the molecule is OCc1cc2occc2s1. The Morgan fingerprint density at radius 3 is 3.20 bits per heavy atom. The summed E-state index contributed by atoms with van der Waals surface area (Å²) in [4.78, 5) is 0.953. The zero-order valence-electron chi connectivity index (χ0n) is 5.20. The van der Waals surface area contributed by atoms with E-state index in [1.54, 1.807) is 17.6 Å². The van der Waals surface area contributed by atoms with E-state index in [2.05, 4.69) is 0 Å². The molecule has 0 saturated carbocycles. The molecule has 10 heavy (non-hydrogen) atoms. The Balaban J connectivity index is 2.67. The van der Waals surface area contributed by atoms with Crippen molar-refractivity contribution in [3.05, 3.63) is 23.3 Å². The second kappa shape index (κ2) is 2.11. The lowest BCUT2D eigenvalue weighted by Gasteiger charge is -1.79. The van der Waals surface area contributed by atoms with Gasteiger partial charge in [0.15, 0.2) is 0 Å². The van der Waals surface area contributed by atoms with Crippen LogP contribution in [0.4, 0.5) is 0 Å². The van der Waals surface area contributed by atoms with Gasteiger partial charge in [-0.15, -0.1) is 11.3 Å². The fraction of sp³-hybridized carbons (Fsp3) is 0.143. The van der Waals surface area contributed by atoms with E-state index >= 15 is 0 Å². The van der Waals surface area contributed by atoms with Crippen molar-refractivity contribution < 1.29 is 9.52 Å². The summed E-state index contributed by atoms with van der Waals surface area (Å²) in [5, 5.41) is 8.73. The van der Waals surface area contributed by atoms with Crippen LogP contribution in [0.5, 0.6) is 0 Å². The molecular weight excluding hydrogens is 148 g/mol. The average molecular weight is 154 g/mol. The van der Waals surface area contributed by atoms with Crippen LogP contribution in [-0.4, -0.2) is 5.11 Å². The second-order valence-corrected chi connectivity index (χ2v) is 3.19. The highest BCUT2D eigenvalue weighted by molar-refractivity contribution is 7.18. The fourth-order valence-corrected chi connectivity index (χ4v) is 1.74. The van der Waals surface area contributed by atoms with Crippen molar-refractivity contribution in [2.75, 3.05) is 0 Å². The lowest BCUT2D eigenvalue weighted by molar-refractivity contribution is 0.285. The maximum absolute atomic E-state index is 8.73. The van der Waals surface area contributed by atoms with Crippen molar-refractivity contribution in [2.24, 2.45) is 0 Å². The van der Waals surface area contributed by atoms with Crippen LogP contribution in [0.15, 0.2) is 22.8 Å². The molecule has 2 heterocycles. The van der Waals surface area contributed by atoms with Gasteiger partial charge in [0.05, 0.1) is 17.6 Å². The van der Waals surface area contributed by atoms with Gasteiger partial charge in [-0.1, -0.05) is 0 Å². The minimum Gasteiger partial charge on any atom is -0.463 e. The van der Waals surface area contributed by atoms with Gasteiger partial charge in [0, 0.05) is 4.88 Å². The Hall–Kier alpha value is -0.800. The fourth-order valence-electron chi connectivity index (χ4n) is 0.894. The van der Waals surface area contributed by atoms with E-state index in [0.29, 0.717) is 0 Å². The standard InChI is InChI=1S/C7H6O2S/c8-4-5-3-6-7(10-5)1-2-9-6/h1-3,8H,4H2. The van der Waals surface area contributed by atoms with E-state index in [0.717, 1.165) is 15.2 Å². The van der Waals surface area contributed by atoms with E-state index in [1.165, 1.54) is 0 Å². The molecule has 2 aromatic heterocycles. The van der Waals surface area contributed by atoms with Gasteiger partial charge >= 0.3 is 0 Å². The number of aliphatic hydroxyl groups excluding tert-OH is 1. The van der Waals surface area contributed by atoms with Gasteiger partial charge in [-0.3, -0.25) is 0 Å². The molecule has 0 amide bonds. The summed E-state index contributed by atoms with van der Waals surface area (Å²) in [5.41, 5.74) is 0.869. The molecule has 0 aliphatic heterocycles. The van der Waals surface area contributed by atoms with Crippen molar-refractivity contribution in [1.82, 2.24) is 0 Å². The first-order chi connectivity index (χ1) is 4.90. The summed E-state index contributed by atoms with van der Waals surface area (Å²) in [5.74, 6) is 0. The van der Waals surface area contributed by atoms with Gasteiger partial charge in [-0.05, 0) is 12.1 Å². The molecule has 0 aromatic carbocycles. The van der Waals surface area contributed by atoms with Crippen LogP contribution in [0.3, 0.4) is 0 Å². The summed E-state index contributed by atoms with van der Waals surface area (Å²) in [7, 11) is 0. The summed E-state index contributed by atoms with van der Waals surface area (Å²) < 4.78 is 6.20. The predicted molar refractivity (Wildman–Crippen MR) is 40.0 cm³/mol. The van der Waals surface area contributed by atoms with Gasteiger partial charge < -0.3 is 9.52 Å². The molecule has 1 N–H and O–H groups in total. The van der Waals surface area contributed by atoms with E-state index in [4.69, 9.17) is 9.52 Å². The monoisotopic (exact) mass is 154 g/mol. The normalized spacial score (nSPS) is 10.9. The molecule has 2 aromatic rings. The first-order valence-electron chi connectivity index (χ1n) is 2.97. The number of thiophene rings is 1. The van der Waals surface area contributed by atoms with E-state index in [9.17, 15) is 0 Å². The zero-order valence-corrected chi connectivity index (χ0v) is 6.02.